The van der Waals surface area contributed by atoms with Gasteiger partial charge in [0.1, 0.15) is 0 Å². The molecule has 0 fully saturated rings. The molecule has 1 rings (SSSR count). The Bertz CT molecular complexity index is 284. The largest absolute Gasteiger partial charge is 0.394 e. The van der Waals surface area contributed by atoms with Gasteiger partial charge in [-0.3, -0.25) is 0 Å². The molecule has 0 aliphatic heterocycles. The van der Waals surface area contributed by atoms with E-state index >= 15 is 0 Å². The van der Waals surface area contributed by atoms with E-state index in [4.69, 9.17) is 11.6 Å². The molecule has 0 saturated carbocycles. The first kappa shape index (κ1) is 10.5. The van der Waals surface area contributed by atoms with Crippen molar-refractivity contribution in [1.82, 2.24) is 5.32 Å². The zero-order valence-electron chi connectivity index (χ0n) is 7.84. The molecule has 0 aromatic heterocycles. The SMILES string of the molecule is CNC(C)(CO)c1cccc(Cl)c1. The topological polar surface area (TPSA) is 32.3 Å². The Hall–Kier alpha value is -0.570. The van der Waals surface area contributed by atoms with Crippen LogP contribution in [0, 0.1) is 0 Å². The van der Waals surface area contributed by atoms with Crippen LogP contribution in [0.2, 0.25) is 5.02 Å². The van der Waals surface area contributed by atoms with E-state index in [-0.39, 0.29) is 6.61 Å². The van der Waals surface area contributed by atoms with Crippen LogP contribution in [0.3, 0.4) is 0 Å². The molecule has 0 bridgehead atoms. The van der Waals surface area contributed by atoms with E-state index in [1.807, 2.05) is 38.2 Å². The van der Waals surface area contributed by atoms with Crippen molar-refractivity contribution >= 4 is 11.6 Å². The number of halogens is 1. The van der Waals surface area contributed by atoms with Crippen LogP contribution in [0.4, 0.5) is 0 Å². The summed E-state index contributed by atoms with van der Waals surface area (Å²) >= 11 is 5.86. The van der Waals surface area contributed by atoms with Gasteiger partial charge in [0.2, 0.25) is 0 Å². The summed E-state index contributed by atoms with van der Waals surface area (Å²) in [6.45, 7) is 1.97. The normalized spacial score (nSPS) is 15.4. The molecule has 1 aromatic rings. The number of hydrogen-bond acceptors (Lipinski definition) is 2. The van der Waals surface area contributed by atoms with Crippen LogP contribution in [0.5, 0.6) is 0 Å². The van der Waals surface area contributed by atoms with Crippen LogP contribution < -0.4 is 5.32 Å². The molecule has 0 amide bonds. The van der Waals surface area contributed by atoms with Gasteiger partial charge in [-0.15, -0.1) is 0 Å². The Morgan fingerprint density at radius 1 is 1.54 bits per heavy atom. The van der Waals surface area contributed by atoms with Crippen LogP contribution >= 0.6 is 11.6 Å². The second-order valence-corrected chi connectivity index (χ2v) is 3.69. The average molecular weight is 200 g/mol. The minimum Gasteiger partial charge on any atom is -0.394 e. The smallest absolute Gasteiger partial charge is 0.0652 e. The monoisotopic (exact) mass is 199 g/mol. The van der Waals surface area contributed by atoms with Crippen molar-refractivity contribution in [3.05, 3.63) is 34.9 Å². The molecular weight excluding hydrogens is 186 g/mol. The van der Waals surface area contributed by atoms with Crippen molar-refractivity contribution in [3.8, 4) is 0 Å². The fourth-order valence-electron chi connectivity index (χ4n) is 1.15. The predicted molar refractivity (Wildman–Crippen MR) is 54.9 cm³/mol. The van der Waals surface area contributed by atoms with Crippen molar-refractivity contribution in [1.29, 1.82) is 0 Å². The first-order chi connectivity index (χ1) is 6.12. The van der Waals surface area contributed by atoms with E-state index in [0.717, 1.165) is 5.56 Å². The van der Waals surface area contributed by atoms with E-state index < -0.39 is 5.54 Å². The molecule has 13 heavy (non-hydrogen) atoms. The van der Waals surface area contributed by atoms with Crippen LogP contribution in [0.25, 0.3) is 0 Å². The molecule has 1 unspecified atom stereocenters. The third kappa shape index (κ3) is 2.21. The molecule has 0 saturated heterocycles. The maximum Gasteiger partial charge on any atom is 0.0652 e. The zero-order chi connectivity index (χ0) is 9.90. The first-order valence-electron chi connectivity index (χ1n) is 4.18. The Kier molecular flexibility index (Phi) is 3.31. The lowest BCUT2D eigenvalue weighted by Crippen LogP contribution is -2.40. The molecule has 2 N–H and O–H groups in total. The summed E-state index contributed by atoms with van der Waals surface area (Å²) in [6.07, 6.45) is 0. The van der Waals surface area contributed by atoms with Crippen molar-refractivity contribution in [2.24, 2.45) is 0 Å². The number of aliphatic hydroxyl groups excluding tert-OH is 1. The van der Waals surface area contributed by atoms with Gasteiger partial charge in [-0.2, -0.15) is 0 Å². The van der Waals surface area contributed by atoms with Gasteiger partial charge >= 0.3 is 0 Å². The van der Waals surface area contributed by atoms with Gasteiger partial charge < -0.3 is 10.4 Å². The van der Waals surface area contributed by atoms with Crippen molar-refractivity contribution in [3.63, 3.8) is 0 Å². The molecule has 1 aromatic carbocycles. The van der Waals surface area contributed by atoms with Crippen molar-refractivity contribution in [2.75, 3.05) is 13.7 Å². The molecule has 0 radical (unpaired) electrons. The minimum atomic E-state index is -0.412. The summed E-state index contributed by atoms with van der Waals surface area (Å²) in [5.74, 6) is 0. The second-order valence-electron chi connectivity index (χ2n) is 3.25. The van der Waals surface area contributed by atoms with Gasteiger partial charge in [0.25, 0.3) is 0 Å². The molecular formula is C10H14ClNO. The van der Waals surface area contributed by atoms with Crippen molar-refractivity contribution < 1.29 is 5.11 Å². The summed E-state index contributed by atoms with van der Waals surface area (Å²) in [5, 5.41) is 13.0. The van der Waals surface area contributed by atoms with Crippen LogP contribution in [0.15, 0.2) is 24.3 Å². The molecule has 3 heteroatoms. The molecule has 0 aliphatic rings. The lowest BCUT2D eigenvalue weighted by Gasteiger charge is -2.27. The van der Waals surface area contributed by atoms with Gasteiger partial charge in [0.15, 0.2) is 0 Å². The third-order valence-corrected chi connectivity index (χ3v) is 2.56. The maximum atomic E-state index is 9.22. The highest BCUT2D eigenvalue weighted by Gasteiger charge is 2.23. The van der Waals surface area contributed by atoms with Gasteiger partial charge in [0, 0.05) is 5.02 Å². The Balaban J connectivity index is 3.05. The van der Waals surface area contributed by atoms with Crippen LogP contribution in [0.1, 0.15) is 12.5 Å². The molecule has 0 heterocycles. The number of aliphatic hydroxyl groups is 1. The fraction of sp³-hybridized carbons (Fsp3) is 0.400. The number of benzene rings is 1. The highest BCUT2D eigenvalue weighted by molar-refractivity contribution is 6.30. The standard InChI is InChI=1S/C10H14ClNO/c1-10(7-13,12-2)8-4-3-5-9(11)6-8/h3-6,12-13H,7H2,1-2H3. The number of nitrogens with one attached hydrogen (secondary N) is 1. The molecule has 72 valence electrons. The highest BCUT2D eigenvalue weighted by Crippen LogP contribution is 2.22. The van der Waals surface area contributed by atoms with Gasteiger partial charge in [-0.1, -0.05) is 23.7 Å². The molecule has 2 nitrogen and oxygen atoms in total. The van der Waals surface area contributed by atoms with Gasteiger partial charge in [-0.05, 0) is 31.7 Å². The lowest BCUT2D eigenvalue weighted by molar-refractivity contribution is 0.183. The summed E-state index contributed by atoms with van der Waals surface area (Å²) in [6, 6.07) is 7.49. The Labute approximate surface area is 83.5 Å². The quantitative estimate of drug-likeness (QED) is 0.778. The van der Waals surface area contributed by atoms with Gasteiger partial charge in [-0.25, -0.2) is 0 Å². The minimum absolute atomic E-state index is 0.0455. The zero-order valence-corrected chi connectivity index (χ0v) is 8.60. The summed E-state index contributed by atoms with van der Waals surface area (Å²) in [7, 11) is 1.82. The van der Waals surface area contributed by atoms with E-state index in [0.29, 0.717) is 5.02 Å². The number of likely N-dealkylation sites (N-methyl/N-ethyl adjacent to an activating group) is 1. The van der Waals surface area contributed by atoms with Crippen LogP contribution in [-0.2, 0) is 5.54 Å². The second kappa shape index (κ2) is 4.09. The number of rotatable bonds is 3. The van der Waals surface area contributed by atoms with Gasteiger partial charge in [0.05, 0.1) is 12.1 Å². The van der Waals surface area contributed by atoms with Crippen molar-refractivity contribution in [2.45, 2.75) is 12.5 Å². The van der Waals surface area contributed by atoms with E-state index in [2.05, 4.69) is 5.32 Å². The lowest BCUT2D eigenvalue weighted by atomic mass is 9.93. The van der Waals surface area contributed by atoms with Crippen LogP contribution in [-0.4, -0.2) is 18.8 Å². The first-order valence-corrected chi connectivity index (χ1v) is 4.56. The number of hydrogen-bond donors (Lipinski definition) is 2. The summed E-state index contributed by atoms with van der Waals surface area (Å²) < 4.78 is 0. The van der Waals surface area contributed by atoms with E-state index in [1.165, 1.54) is 0 Å². The predicted octanol–water partition coefficient (Wildman–Crippen LogP) is 1.77. The third-order valence-electron chi connectivity index (χ3n) is 2.33. The maximum absolute atomic E-state index is 9.22. The highest BCUT2D eigenvalue weighted by atomic mass is 35.5. The summed E-state index contributed by atoms with van der Waals surface area (Å²) in [4.78, 5) is 0. The summed E-state index contributed by atoms with van der Waals surface area (Å²) in [5.41, 5.74) is 0.579. The fourth-order valence-corrected chi connectivity index (χ4v) is 1.34. The average Bonchev–Trinajstić information content (AvgIpc) is 2.17. The van der Waals surface area contributed by atoms with E-state index in [1.54, 1.807) is 0 Å². The molecule has 0 aliphatic carbocycles. The Morgan fingerprint density at radius 3 is 2.69 bits per heavy atom. The molecule has 0 spiro atoms. The van der Waals surface area contributed by atoms with E-state index in [9.17, 15) is 5.11 Å². The molecule has 1 atom stereocenters. The Morgan fingerprint density at radius 2 is 2.23 bits per heavy atom.